The number of amides is 1. The average Bonchev–Trinajstić information content (AvgIpc) is 3.65. The minimum atomic E-state index is 0.0117. The van der Waals surface area contributed by atoms with Gasteiger partial charge in [-0.1, -0.05) is 12.8 Å². The topological polar surface area (TPSA) is 81.6 Å². The standard InChI is InChI=1S/C31H44N8O/c1-36(2)30(40)28-21-24-22-33-31(35-29(24)39(28)27-5-3-4-6-27)34-25-7-9-26(10-8-25)38-19-17-37(18-20-38)16-13-23-11-14-32-15-12-23/h7-10,21-23,27,32H,3-6,11-20H2,1-2H3,(H,33,34,35). The number of piperidine rings is 1. The number of benzene rings is 1. The van der Waals surface area contributed by atoms with Crippen LogP contribution in [-0.2, 0) is 0 Å². The maximum Gasteiger partial charge on any atom is 0.270 e. The van der Waals surface area contributed by atoms with Crippen molar-refractivity contribution >= 4 is 34.3 Å². The SMILES string of the molecule is CN(C)C(=O)c1cc2cnc(Nc3ccc(N4CCN(CCC5CCNCC5)CC4)cc3)nc2n1C1CCCC1. The number of piperazine rings is 1. The summed E-state index contributed by atoms with van der Waals surface area (Å²) < 4.78 is 2.16. The predicted octanol–water partition coefficient (Wildman–Crippen LogP) is 4.50. The van der Waals surface area contributed by atoms with Crippen LogP contribution in [0.2, 0.25) is 0 Å². The number of rotatable bonds is 8. The highest BCUT2D eigenvalue weighted by Gasteiger charge is 2.26. The van der Waals surface area contributed by atoms with E-state index in [2.05, 4.69) is 54.2 Å². The van der Waals surface area contributed by atoms with Crippen molar-refractivity contribution in [3.05, 3.63) is 42.2 Å². The van der Waals surface area contributed by atoms with Crippen LogP contribution in [0.5, 0.6) is 0 Å². The van der Waals surface area contributed by atoms with Crippen LogP contribution in [0.4, 0.5) is 17.3 Å². The van der Waals surface area contributed by atoms with Crippen molar-refractivity contribution in [2.75, 3.05) is 70.1 Å². The van der Waals surface area contributed by atoms with E-state index >= 15 is 0 Å². The molecule has 1 aromatic carbocycles. The van der Waals surface area contributed by atoms with Crippen LogP contribution in [0.3, 0.4) is 0 Å². The Balaban J connectivity index is 1.09. The molecule has 2 N–H and O–H groups in total. The second kappa shape index (κ2) is 12.1. The third kappa shape index (κ3) is 5.95. The van der Waals surface area contributed by atoms with E-state index in [4.69, 9.17) is 4.98 Å². The predicted molar refractivity (Wildman–Crippen MR) is 162 cm³/mol. The van der Waals surface area contributed by atoms with E-state index in [1.165, 1.54) is 57.4 Å². The second-order valence-corrected chi connectivity index (χ2v) is 12.0. The molecular formula is C31H44N8O. The Labute approximate surface area is 237 Å². The van der Waals surface area contributed by atoms with Crippen LogP contribution >= 0.6 is 0 Å². The largest absolute Gasteiger partial charge is 0.369 e. The molecule has 3 aliphatic rings. The van der Waals surface area contributed by atoms with Crippen LogP contribution in [0.25, 0.3) is 11.0 Å². The van der Waals surface area contributed by atoms with Crippen molar-refractivity contribution in [1.82, 2.24) is 29.7 Å². The molecule has 2 aliphatic heterocycles. The molecule has 1 saturated carbocycles. The van der Waals surface area contributed by atoms with Gasteiger partial charge in [-0.25, -0.2) is 4.98 Å². The molecule has 0 radical (unpaired) electrons. The number of hydrogen-bond acceptors (Lipinski definition) is 7. The number of hydrogen-bond donors (Lipinski definition) is 2. The van der Waals surface area contributed by atoms with Crippen molar-refractivity contribution in [2.24, 2.45) is 5.92 Å². The number of aromatic nitrogens is 3. The Morgan fingerprint density at radius 1 is 1.02 bits per heavy atom. The zero-order valence-electron chi connectivity index (χ0n) is 24.1. The highest BCUT2D eigenvalue weighted by molar-refractivity contribution is 5.97. The summed E-state index contributed by atoms with van der Waals surface area (Å²) in [7, 11) is 3.61. The zero-order valence-corrected chi connectivity index (χ0v) is 24.1. The summed E-state index contributed by atoms with van der Waals surface area (Å²) in [6.45, 7) is 8.04. The molecule has 3 fully saturated rings. The summed E-state index contributed by atoms with van der Waals surface area (Å²) in [5.41, 5.74) is 3.77. The minimum Gasteiger partial charge on any atom is -0.369 e. The van der Waals surface area contributed by atoms with E-state index in [0.29, 0.717) is 17.7 Å². The van der Waals surface area contributed by atoms with Crippen molar-refractivity contribution in [3.8, 4) is 0 Å². The molecule has 9 heteroatoms. The fourth-order valence-corrected chi connectivity index (χ4v) is 6.64. The van der Waals surface area contributed by atoms with Crippen LogP contribution in [0.1, 0.15) is 61.5 Å². The molecule has 0 spiro atoms. The molecule has 2 saturated heterocycles. The van der Waals surface area contributed by atoms with Gasteiger partial charge >= 0.3 is 0 Å². The van der Waals surface area contributed by atoms with E-state index in [1.54, 1.807) is 19.0 Å². The fourth-order valence-electron chi connectivity index (χ4n) is 6.64. The van der Waals surface area contributed by atoms with Gasteiger partial charge in [0.25, 0.3) is 5.91 Å². The van der Waals surface area contributed by atoms with Crippen LogP contribution < -0.4 is 15.5 Å². The third-order valence-corrected chi connectivity index (χ3v) is 9.06. The maximum atomic E-state index is 13.0. The first kappa shape index (κ1) is 27.0. The molecule has 0 unspecified atom stereocenters. The summed E-state index contributed by atoms with van der Waals surface area (Å²) in [6, 6.07) is 10.9. The minimum absolute atomic E-state index is 0.0117. The van der Waals surface area contributed by atoms with Gasteiger partial charge in [-0.2, -0.15) is 4.98 Å². The van der Waals surface area contributed by atoms with Crippen molar-refractivity contribution < 1.29 is 4.79 Å². The monoisotopic (exact) mass is 544 g/mol. The lowest BCUT2D eigenvalue weighted by Gasteiger charge is -2.37. The smallest absolute Gasteiger partial charge is 0.270 e. The molecule has 4 heterocycles. The Morgan fingerprint density at radius 3 is 2.45 bits per heavy atom. The van der Waals surface area contributed by atoms with E-state index < -0.39 is 0 Å². The van der Waals surface area contributed by atoms with Gasteiger partial charge in [0.1, 0.15) is 11.3 Å². The van der Waals surface area contributed by atoms with E-state index in [-0.39, 0.29) is 5.91 Å². The van der Waals surface area contributed by atoms with E-state index in [9.17, 15) is 4.79 Å². The molecule has 9 nitrogen and oxygen atoms in total. The molecular weight excluding hydrogens is 500 g/mol. The van der Waals surface area contributed by atoms with Gasteiger partial charge in [-0.05, 0) is 88.0 Å². The van der Waals surface area contributed by atoms with Gasteiger partial charge in [0, 0.05) is 69.3 Å². The van der Waals surface area contributed by atoms with Gasteiger partial charge < -0.3 is 25.0 Å². The van der Waals surface area contributed by atoms with Crippen LogP contribution in [0, 0.1) is 5.92 Å². The Bertz CT molecular complexity index is 1280. The lowest BCUT2D eigenvalue weighted by Crippen LogP contribution is -2.47. The van der Waals surface area contributed by atoms with Crippen molar-refractivity contribution in [2.45, 2.75) is 51.0 Å². The van der Waals surface area contributed by atoms with Crippen LogP contribution in [-0.4, -0.2) is 90.2 Å². The van der Waals surface area contributed by atoms with Crippen molar-refractivity contribution in [1.29, 1.82) is 0 Å². The fraction of sp³-hybridized carbons (Fsp3) is 0.581. The molecule has 6 rings (SSSR count). The maximum absolute atomic E-state index is 13.0. The summed E-state index contributed by atoms with van der Waals surface area (Å²) >= 11 is 0. The lowest BCUT2D eigenvalue weighted by molar-refractivity contribution is 0.0815. The van der Waals surface area contributed by atoms with Crippen LogP contribution in [0.15, 0.2) is 36.5 Å². The zero-order chi connectivity index (χ0) is 27.5. The molecule has 3 aromatic rings. The molecule has 2 aromatic heterocycles. The Hall–Kier alpha value is -3.17. The molecule has 1 aliphatic carbocycles. The first-order valence-corrected chi connectivity index (χ1v) is 15.2. The second-order valence-electron chi connectivity index (χ2n) is 12.0. The average molecular weight is 545 g/mol. The highest BCUT2D eigenvalue weighted by Crippen LogP contribution is 2.35. The van der Waals surface area contributed by atoms with E-state index in [0.717, 1.165) is 61.7 Å². The number of nitrogens with one attached hydrogen (secondary N) is 2. The summed E-state index contributed by atoms with van der Waals surface area (Å²) in [5, 5.41) is 7.78. The molecule has 0 bridgehead atoms. The Morgan fingerprint density at radius 2 is 1.75 bits per heavy atom. The Kier molecular flexibility index (Phi) is 8.20. The van der Waals surface area contributed by atoms with Gasteiger partial charge in [-0.15, -0.1) is 0 Å². The normalized spacial score (nSPS) is 19.4. The number of carbonyl (C=O) groups excluding carboxylic acids is 1. The van der Waals surface area contributed by atoms with E-state index in [1.807, 2.05) is 12.3 Å². The number of anilines is 3. The van der Waals surface area contributed by atoms with Crippen molar-refractivity contribution in [3.63, 3.8) is 0 Å². The van der Waals surface area contributed by atoms with Gasteiger partial charge in [0.15, 0.2) is 0 Å². The molecule has 40 heavy (non-hydrogen) atoms. The summed E-state index contributed by atoms with van der Waals surface area (Å²) in [4.78, 5) is 29.2. The number of carbonyl (C=O) groups is 1. The quantitative estimate of drug-likeness (QED) is 0.432. The lowest BCUT2D eigenvalue weighted by atomic mass is 9.94. The summed E-state index contributed by atoms with van der Waals surface area (Å²) in [5.74, 6) is 1.47. The highest BCUT2D eigenvalue weighted by atomic mass is 16.2. The third-order valence-electron chi connectivity index (χ3n) is 9.06. The molecule has 1 amide bonds. The first-order chi connectivity index (χ1) is 19.5. The van der Waals surface area contributed by atoms with Gasteiger partial charge in [-0.3, -0.25) is 9.69 Å². The first-order valence-electron chi connectivity index (χ1n) is 15.2. The number of fused-ring (bicyclic) bond motifs is 1. The van der Waals surface area contributed by atoms with Gasteiger partial charge in [0.05, 0.1) is 0 Å². The molecule has 0 atom stereocenters. The molecule has 214 valence electrons. The number of nitrogens with zero attached hydrogens (tertiary/aromatic N) is 6. The van der Waals surface area contributed by atoms with Gasteiger partial charge in [0.2, 0.25) is 5.95 Å². The summed E-state index contributed by atoms with van der Waals surface area (Å²) in [6.07, 6.45) is 10.4.